The van der Waals surface area contributed by atoms with Crippen molar-refractivity contribution in [3.63, 3.8) is 0 Å². The summed E-state index contributed by atoms with van der Waals surface area (Å²) in [6.07, 6.45) is 0. The van der Waals surface area contributed by atoms with Crippen LogP contribution >= 0.6 is 0 Å². The van der Waals surface area contributed by atoms with Gasteiger partial charge >= 0.3 is 12.0 Å². The highest BCUT2D eigenvalue weighted by Crippen LogP contribution is 2.12. The molecule has 2 atom stereocenters. The lowest BCUT2D eigenvalue weighted by molar-refractivity contribution is -0.139. The molecule has 6 nitrogen and oxygen atoms in total. The molecule has 0 saturated carbocycles. The van der Waals surface area contributed by atoms with Crippen molar-refractivity contribution in [3.05, 3.63) is 35.9 Å². The van der Waals surface area contributed by atoms with E-state index in [1.807, 2.05) is 0 Å². The first-order chi connectivity index (χ1) is 9.54. The molecule has 0 aliphatic heterocycles. The quantitative estimate of drug-likeness (QED) is 0.696. The molecule has 2 unspecified atom stereocenters. The summed E-state index contributed by atoms with van der Waals surface area (Å²) in [5, 5.41) is 14.0. The Morgan fingerprint density at radius 3 is 2.50 bits per heavy atom. The van der Waals surface area contributed by atoms with E-state index in [1.165, 1.54) is 0 Å². The van der Waals surface area contributed by atoms with Crippen molar-refractivity contribution in [1.82, 2.24) is 10.6 Å². The minimum atomic E-state index is -1.14. The number of hydrogen-bond donors (Lipinski definition) is 3. The first-order valence-corrected chi connectivity index (χ1v) is 7.70. The molecule has 0 aliphatic carbocycles. The Bertz CT molecular complexity index is 479. The van der Waals surface area contributed by atoms with E-state index in [1.54, 1.807) is 37.3 Å². The zero-order chi connectivity index (χ0) is 15.0. The van der Waals surface area contributed by atoms with E-state index in [9.17, 15) is 13.8 Å². The van der Waals surface area contributed by atoms with E-state index in [0.29, 0.717) is 17.1 Å². The van der Waals surface area contributed by atoms with E-state index in [0.717, 1.165) is 0 Å². The summed E-state index contributed by atoms with van der Waals surface area (Å²) in [6.45, 7) is 2.04. The third kappa shape index (κ3) is 5.40. The normalized spacial score (nSPS) is 13.2. The average molecular weight is 298 g/mol. The largest absolute Gasteiger partial charge is 0.479 e. The van der Waals surface area contributed by atoms with Gasteiger partial charge in [0.25, 0.3) is 0 Å². The Morgan fingerprint density at radius 1 is 1.30 bits per heavy atom. The van der Waals surface area contributed by atoms with Crippen LogP contribution in [0.3, 0.4) is 0 Å². The van der Waals surface area contributed by atoms with Gasteiger partial charge in [-0.15, -0.1) is 0 Å². The molecule has 0 bridgehead atoms. The Hall–Kier alpha value is -1.89. The number of urea groups is 1. The van der Waals surface area contributed by atoms with Crippen molar-refractivity contribution in [1.29, 1.82) is 0 Å². The summed E-state index contributed by atoms with van der Waals surface area (Å²) in [5.74, 6) is -0.249. The van der Waals surface area contributed by atoms with Crippen molar-refractivity contribution in [3.8, 4) is 0 Å². The van der Waals surface area contributed by atoms with E-state index in [2.05, 4.69) is 10.6 Å². The standard InChI is InChI=1S/C13H18N2O4S/c1-2-20(19)9-8-14-13(18)15-11(12(16)17)10-6-4-3-5-7-10/h3-7,11H,2,8-9H2,1H3,(H,16,17)(H2,14,15,18). The maximum Gasteiger partial charge on any atom is 0.330 e. The van der Waals surface area contributed by atoms with Crippen molar-refractivity contribution in [2.45, 2.75) is 13.0 Å². The van der Waals surface area contributed by atoms with Crippen LogP contribution < -0.4 is 10.6 Å². The van der Waals surface area contributed by atoms with Gasteiger partial charge in [0, 0.05) is 28.9 Å². The van der Waals surface area contributed by atoms with Gasteiger partial charge in [-0.25, -0.2) is 9.59 Å². The first-order valence-electron chi connectivity index (χ1n) is 6.21. The SMILES string of the molecule is CCS(=O)CCNC(=O)NC(C(=O)O)c1ccccc1. The van der Waals surface area contributed by atoms with Gasteiger partial charge in [0.15, 0.2) is 6.04 Å². The lowest BCUT2D eigenvalue weighted by atomic mass is 10.1. The number of carbonyl (C=O) groups excluding carboxylic acids is 1. The Morgan fingerprint density at radius 2 is 1.95 bits per heavy atom. The maximum absolute atomic E-state index is 11.6. The van der Waals surface area contributed by atoms with Gasteiger partial charge in [-0.2, -0.15) is 0 Å². The summed E-state index contributed by atoms with van der Waals surface area (Å²) in [5.41, 5.74) is 0.493. The van der Waals surface area contributed by atoms with Crippen LogP contribution in [-0.4, -0.2) is 39.4 Å². The average Bonchev–Trinajstić information content (AvgIpc) is 2.45. The lowest BCUT2D eigenvalue weighted by Gasteiger charge is -2.15. The molecule has 7 heteroatoms. The van der Waals surface area contributed by atoms with E-state index in [-0.39, 0.29) is 6.54 Å². The lowest BCUT2D eigenvalue weighted by Crippen LogP contribution is -2.42. The summed E-state index contributed by atoms with van der Waals surface area (Å²) >= 11 is 0. The number of nitrogens with one attached hydrogen (secondary N) is 2. The number of carboxylic acid groups (broad SMARTS) is 1. The summed E-state index contributed by atoms with van der Waals surface area (Å²) < 4.78 is 11.2. The minimum Gasteiger partial charge on any atom is -0.479 e. The fourth-order valence-corrected chi connectivity index (χ4v) is 2.16. The first kappa shape index (κ1) is 16.2. The highest BCUT2D eigenvalue weighted by atomic mass is 32.2. The molecule has 1 aromatic carbocycles. The van der Waals surface area contributed by atoms with Gasteiger partial charge < -0.3 is 15.7 Å². The number of hydrogen-bond acceptors (Lipinski definition) is 3. The molecule has 0 aromatic heterocycles. The highest BCUT2D eigenvalue weighted by molar-refractivity contribution is 7.84. The second kappa shape index (κ2) is 8.31. The molecular formula is C13H18N2O4S. The number of aliphatic carboxylic acids is 1. The molecule has 1 aromatic rings. The zero-order valence-electron chi connectivity index (χ0n) is 11.2. The van der Waals surface area contributed by atoms with Crippen LogP contribution in [0.4, 0.5) is 4.79 Å². The van der Waals surface area contributed by atoms with Crippen LogP contribution in [-0.2, 0) is 15.6 Å². The number of carbonyl (C=O) groups is 2. The van der Waals surface area contributed by atoms with Gasteiger partial charge in [-0.3, -0.25) is 4.21 Å². The van der Waals surface area contributed by atoms with Crippen LogP contribution in [0.15, 0.2) is 30.3 Å². The van der Waals surface area contributed by atoms with Gasteiger partial charge in [0.05, 0.1) is 0 Å². The summed E-state index contributed by atoms with van der Waals surface area (Å²) in [6, 6.07) is 6.74. The molecule has 1 rings (SSSR count). The molecule has 0 saturated heterocycles. The van der Waals surface area contributed by atoms with Crippen LogP contribution in [0.1, 0.15) is 18.5 Å². The maximum atomic E-state index is 11.6. The van der Waals surface area contributed by atoms with E-state index >= 15 is 0 Å². The van der Waals surface area contributed by atoms with Crippen LogP contribution in [0.5, 0.6) is 0 Å². The van der Waals surface area contributed by atoms with Gasteiger partial charge in [0.1, 0.15) is 0 Å². The fourth-order valence-electron chi connectivity index (χ4n) is 1.54. The van der Waals surface area contributed by atoms with Crippen molar-refractivity contribution >= 4 is 22.8 Å². The van der Waals surface area contributed by atoms with E-state index in [4.69, 9.17) is 5.11 Å². The summed E-state index contributed by atoms with van der Waals surface area (Å²) in [4.78, 5) is 22.8. The van der Waals surface area contributed by atoms with Crippen molar-refractivity contribution < 1.29 is 18.9 Å². The topological polar surface area (TPSA) is 95.5 Å². The Kier molecular flexibility index (Phi) is 6.72. The third-order valence-electron chi connectivity index (χ3n) is 2.59. The second-order valence-corrected chi connectivity index (χ2v) is 5.88. The molecule has 0 radical (unpaired) electrons. The molecule has 2 amide bonds. The second-order valence-electron chi connectivity index (χ2n) is 4.01. The number of benzene rings is 1. The Balaban J connectivity index is 2.53. The van der Waals surface area contributed by atoms with E-state index < -0.39 is 28.8 Å². The fraction of sp³-hybridized carbons (Fsp3) is 0.385. The molecule has 0 spiro atoms. The molecule has 20 heavy (non-hydrogen) atoms. The molecule has 3 N–H and O–H groups in total. The highest BCUT2D eigenvalue weighted by Gasteiger charge is 2.21. The van der Waals surface area contributed by atoms with Gasteiger partial charge in [-0.1, -0.05) is 37.3 Å². The Labute approximate surface area is 120 Å². The number of rotatable bonds is 7. The molecule has 0 fully saturated rings. The zero-order valence-corrected chi connectivity index (χ0v) is 12.0. The van der Waals surface area contributed by atoms with Crippen molar-refractivity contribution in [2.75, 3.05) is 18.1 Å². The minimum absolute atomic E-state index is 0.243. The molecule has 110 valence electrons. The number of carboxylic acids is 1. The smallest absolute Gasteiger partial charge is 0.330 e. The predicted molar refractivity (Wildman–Crippen MR) is 76.9 cm³/mol. The molecular weight excluding hydrogens is 280 g/mol. The van der Waals surface area contributed by atoms with Gasteiger partial charge in [0.2, 0.25) is 0 Å². The van der Waals surface area contributed by atoms with Crippen LogP contribution in [0.25, 0.3) is 0 Å². The molecule has 0 aliphatic rings. The third-order valence-corrected chi connectivity index (χ3v) is 3.90. The monoisotopic (exact) mass is 298 g/mol. The van der Waals surface area contributed by atoms with Crippen molar-refractivity contribution in [2.24, 2.45) is 0 Å². The van der Waals surface area contributed by atoms with Gasteiger partial charge in [-0.05, 0) is 5.56 Å². The predicted octanol–water partition coefficient (Wildman–Crippen LogP) is 0.880. The van der Waals surface area contributed by atoms with Crippen LogP contribution in [0.2, 0.25) is 0 Å². The number of amides is 2. The van der Waals surface area contributed by atoms with Crippen LogP contribution in [0, 0.1) is 0 Å². The molecule has 0 heterocycles. The summed E-state index contributed by atoms with van der Waals surface area (Å²) in [7, 11) is -0.960.